The molecule has 6 rings (SSSR count). The van der Waals surface area contributed by atoms with Crippen molar-refractivity contribution in [3.8, 4) is 29.1 Å². The van der Waals surface area contributed by atoms with Crippen LogP contribution >= 0.6 is 0 Å². The number of aliphatic hydroxyl groups is 2. The fourth-order valence-electron chi connectivity index (χ4n) is 10.3. The molecule has 56 heavy (non-hydrogen) atoms. The largest absolute Gasteiger partial charge is 0.508 e. The molecular formula is C46H61N3O7. The summed E-state index contributed by atoms with van der Waals surface area (Å²) < 4.78 is 12.7. The predicted molar refractivity (Wildman–Crippen MR) is 219 cm³/mol. The maximum atomic E-state index is 13.4. The molecule has 4 aliphatic rings. The lowest BCUT2D eigenvalue weighted by Gasteiger charge is -2.54. The SMILES string of the molecule is CCC/C(=C/C(=O)CCc1cc(OC2CCCC2)c(O)c2c1C#CC[C@H](N=C(N)N)C[C@]1(CO)C=C3[C@@H](c4cccc(O)c4)C[C@H](C)C[C@@H]3[C@@H]2[C@H]1COC)CO. The highest BCUT2D eigenvalue weighted by molar-refractivity contribution is 5.90. The van der Waals surface area contributed by atoms with E-state index in [1.807, 2.05) is 25.1 Å². The summed E-state index contributed by atoms with van der Waals surface area (Å²) in [5, 5.41) is 44.9. The number of allylic oxidation sites excluding steroid dienone is 2. The topological polar surface area (TPSA) is 181 Å². The summed E-state index contributed by atoms with van der Waals surface area (Å²) in [6, 6.07) is 8.87. The van der Waals surface area contributed by atoms with Crippen molar-refractivity contribution >= 4 is 11.7 Å². The van der Waals surface area contributed by atoms with Crippen molar-refractivity contribution in [2.75, 3.05) is 26.9 Å². The number of ether oxygens (including phenoxy) is 2. The number of hydrogen-bond acceptors (Lipinski definition) is 8. The highest BCUT2D eigenvalue weighted by Gasteiger charge is 2.54. The molecule has 0 aliphatic heterocycles. The first-order valence-electron chi connectivity index (χ1n) is 20.6. The summed E-state index contributed by atoms with van der Waals surface area (Å²) >= 11 is 0. The minimum absolute atomic E-state index is 0.0403. The molecule has 4 aliphatic carbocycles. The van der Waals surface area contributed by atoms with Crippen molar-refractivity contribution in [2.45, 2.75) is 115 Å². The van der Waals surface area contributed by atoms with Crippen molar-refractivity contribution in [2.24, 2.45) is 39.6 Å². The van der Waals surface area contributed by atoms with Gasteiger partial charge in [-0.25, -0.2) is 4.99 Å². The van der Waals surface area contributed by atoms with Gasteiger partial charge >= 0.3 is 0 Å². The Morgan fingerprint density at radius 1 is 1.11 bits per heavy atom. The van der Waals surface area contributed by atoms with Gasteiger partial charge in [0.15, 0.2) is 23.2 Å². The first-order chi connectivity index (χ1) is 27.0. The lowest BCUT2D eigenvalue weighted by molar-refractivity contribution is -0.114. The molecule has 2 bridgehead atoms. The van der Waals surface area contributed by atoms with Gasteiger partial charge in [-0.05, 0) is 111 Å². The minimum Gasteiger partial charge on any atom is -0.508 e. The third-order valence-electron chi connectivity index (χ3n) is 12.7. The third-order valence-corrected chi connectivity index (χ3v) is 12.7. The molecule has 7 atom stereocenters. The molecule has 0 spiro atoms. The van der Waals surface area contributed by atoms with Gasteiger partial charge in [-0.15, -0.1) is 0 Å². The summed E-state index contributed by atoms with van der Waals surface area (Å²) in [7, 11) is 1.67. The molecule has 302 valence electrons. The van der Waals surface area contributed by atoms with E-state index in [1.54, 1.807) is 19.3 Å². The van der Waals surface area contributed by atoms with Crippen LogP contribution in [0.25, 0.3) is 0 Å². The van der Waals surface area contributed by atoms with Gasteiger partial charge in [0.25, 0.3) is 0 Å². The van der Waals surface area contributed by atoms with Crippen LogP contribution < -0.4 is 16.2 Å². The Morgan fingerprint density at radius 3 is 2.57 bits per heavy atom. The summed E-state index contributed by atoms with van der Waals surface area (Å²) in [5.74, 6) is 6.78. The van der Waals surface area contributed by atoms with E-state index in [1.165, 1.54) is 0 Å². The van der Waals surface area contributed by atoms with Crippen LogP contribution in [-0.4, -0.2) is 71.2 Å². The molecular weight excluding hydrogens is 707 g/mol. The second-order valence-corrected chi connectivity index (χ2v) is 16.7. The Hall–Kier alpha value is -4.30. The van der Waals surface area contributed by atoms with E-state index < -0.39 is 11.5 Å². The molecule has 10 nitrogen and oxygen atoms in total. The number of guanidine groups is 1. The molecule has 0 unspecified atom stereocenters. The molecule has 0 aromatic heterocycles. The lowest BCUT2D eigenvalue weighted by atomic mass is 9.51. The number of carbonyl (C=O) groups excluding carboxylic acids is 1. The quantitative estimate of drug-likeness (QED) is 0.0410. The number of phenols is 2. The highest BCUT2D eigenvalue weighted by Crippen LogP contribution is 2.62. The van der Waals surface area contributed by atoms with Crippen LogP contribution in [0, 0.1) is 35.0 Å². The third kappa shape index (κ3) is 8.96. The van der Waals surface area contributed by atoms with E-state index >= 15 is 0 Å². The van der Waals surface area contributed by atoms with E-state index in [0.29, 0.717) is 54.1 Å². The van der Waals surface area contributed by atoms with E-state index in [2.05, 4.69) is 35.9 Å². The average Bonchev–Trinajstić information content (AvgIpc) is 3.68. The number of nitrogens with two attached hydrogens (primary N) is 2. The highest BCUT2D eigenvalue weighted by atomic mass is 16.5. The Bertz CT molecular complexity index is 1880. The zero-order valence-corrected chi connectivity index (χ0v) is 33.3. The van der Waals surface area contributed by atoms with E-state index in [-0.39, 0.29) is 79.3 Å². The molecule has 8 N–H and O–H groups in total. The van der Waals surface area contributed by atoms with Gasteiger partial charge in [0.1, 0.15) is 5.75 Å². The van der Waals surface area contributed by atoms with Crippen molar-refractivity contribution in [1.29, 1.82) is 0 Å². The standard InChI is InChI=1S/C46H61N3O7/c1-4-9-29(25-50)20-34(53)17-16-31-22-41(56-35-13-5-6-14-35)44(54)43-36(31)15-8-11-32(49-45(47)48)23-46(27-51)24-39-37(30-10-7-12-33(52)21-30)18-28(2)19-38(39)42(43)40(46)26-55-3/h7,10,12,20-22,24,28,32,35,37-38,40,42,50-52,54H,4-6,9,11,13-14,16-19,23,25-27H2,1-3H3,(H4,47,48,49)/b29-20-/t28-,32-,37+,38-,40+,42+,46+/m0/s1. The van der Waals surface area contributed by atoms with Crippen molar-refractivity contribution in [1.82, 2.24) is 0 Å². The number of ketones is 1. The summed E-state index contributed by atoms with van der Waals surface area (Å²) in [4.78, 5) is 18.1. The van der Waals surface area contributed by atoms with Crippen LogP contribution in [0.3, 0.4) is 0 Å². The number of hydrogen-bond donors (Lipinski definition) is 6. The van der Waals surface area contributed by atoms with Crippen molar-refractivity contribution < 1.29 is 34.7 Å². The molecule has 2 aromatic rings. The fourth-order valence-corrected chi connectivity index (χ4v) is 10.3. The maximum absolute atomic E-state index is 13.4. The van der Waals surface area contributed by atoms with E-state index in [0.717, 1.165) is 61.6 Å². The van der Waals surface area contributed by atoms with Crippen LogP contribution in [0.2, 0.25) is 0 Å². The van der Waals surface area contributed by atoms with Crippen LogP contribution in [0.4, 0.5) is 0 Å². The Balaban J connectivity index is 1.62. The fraction of sp³-hybridized carbons (Fsp3) is 0.565. The number of rotatable bonds is 14. The lowest BCUT2D eigenvalue weighted by Crippen LogP contribution is -2.49. The first-order valence-corrected chi connectivity index (χ1v) is 20.6. The number of aromatic hydroxyl groups is 2. The van der Waals surface area contributed by atoms with Crippen molar-refractivity contribution in [3.63, 3.8) is 0 Å². The van der Waals surface area contributed by atoms with E-state index in [9.17, 15) is 25.2 Å². The van der Waals surface area contributed by atoms with Gasteiger partial charge in [-0.2, -0.15) is 0 Å². The Morgan fingerprint density at radius 2 is 1.89 bits per heavy atom. The Labute approximate surface area is 332 Å². The van der Waals surface area contributed by atoms with Crippen molar-refractivity contribution in [3.05, 3.63) is 75.9 Å². The zero-order chi connectivity index (χ0) is 40.0. The number of benzene rings is 2. The summed E-state index contributed by atoms with van der Waals surface area (Å²) in [5.41, 5.74) is 16.1. The van der Waals surface area contributed by atoms with Crippen LogP contribution in [0.5, 0.6) is 17.2 Å². The molecule has 0 saturated heterocycles. The predicted octanol–water partition coefficient (Wildman–Crippen LogP) is 6.52. The molecule has 0 heterocycles. The number of aliphatic hydroxyl groups excluding tert-OH is 2. The molecule has 2 aromatic carbocycles. The molecule has 0 amide bonds. The number of methoxy groups -OCH3 is 1. The first kappa shape index (κ1) is 41.3. The zero-order valence-electron chi connectivity index (χ0n) is 33.3. The number of carbonyl (C=O) groups is 1. The van der Waals surface area contributed by atoms with E-state index in [4.69, 9.17) is 20.9 Å². The second kappa shape index (κ2) is 18.3. The number of aryl methyl sites for hydroxylation is 1. The number of nitrogens with zero attached hydrogens (tertiary/aromatic N) is 1. The van der Waals surface area contributed by atoms with Gasteiger partial charge in [-0.1, -0.05) is 55.9 Å². The van der Waals surface area contributed by atoms with Gasteiger partial charge in [0.2, 0.25) is 0 Å². The molecule has 0 radical (unpaired) electrons. The number of aliphatic imine (C=N–C) groups is 1. The summed E-state index contributed by atoms with van der Waals surface area (Å²) in [6.45, 7) is 4.18. The van der Waals surface area contributed by atoms with Gasteiger partial charge in [-0.3, -0.25) is 4.79 Å². The van der Waals surface area contributed by atoms with Crippen LogP contribution in [0.15, 0.2) is 58.6 Å². The molecule has 2 saturated carbocycles. The van der Waals surface area contributed by atoms with Crippen LogP contribution in [-0.2, 0) is 16.0 Å². The van der Waals surface area contributed by atoms with Crippen LogP contribution in [0.1, 0.15) is 119 Å². The number of phenolic OH excluding ortho intramolecular Hbond substituents is 2. The van der Waals surface area contributed by atoms with Gasteiger partial charge in [0.05, 0.1) is 32.0 Å². The molecule has 2 fully saturated rings. The molecule has 10 heteroatoms. The monoisotopic (exact) mass is 767 g/mol. The number of fused-ring (bicyclic) bond motifs is 6. The van der Waals surface area contributed by atoms with Gasteiger partial charge < -0.3 is 41.4 Å². The smallest absolute Gasteiger partial charge is 0.186 e. The second-order valence-electron chi connectivity index (χ2n) is 16.7. The van der Waals surface area contributed by atoms with Gasteiger partial charge in [0, 0.05) is 54.2 Å². The summed E-state index contributed by atoms with van der Waals surface area (Å²) in [6.07, 6.45) is 12.1. The Kier molecular flexibility index (Phi) is 13.5. The maximum Gasteiger partial charge on any atom is 0.186 e. The normalized spacial score (nSPS) is 27.6. The average molecular weight is 768 g/mol. The minimum atomic E-state index is -0.877.